The quantitative estimate of drug-likeness (QED) is 0.862. The fourth-order valence-corrected chi connectivity index (χ4v) is 3.57. The SMILES string of the molecule is Cc1c(F)cc(CN)cc1S(=O)(=O)Nc1ncccc1Br. The zero-order valence-electron chi connectivity index (χ0n) is 11.1. The fourth-order valence-electron chi connectivity index (χ4n) is 1.75. The Morgan fingerprint density at radius 2 is 2.14 bits per heavy atom. The van der Waals surface area contributed by atoms with Crippen molar-refractivity contribution >= 4 is 31.8 Å². The Hall–Kier alpha value is -1.51. The van der Waals surface area contributed by atoms with Crippen molar-refractivity contribution in [2.45, 2.75) is 18.4 Å². The molecule has 0 saturated heterocycles. The van der Waals surface area contributed by atoms with Crippen LogP contribution in [0.15, 0.2) is 39.8 Å². The predicted octanol–water partition coefficient (Wildman–Crippen LogP) is 2.55. The Morgan fingerprint density at radius 3 is 2.76 bits per heavy atom. The molecule has 8 heteroatoms. The first-order valence-electron chi connectivity index (χ1n) is 5.97. The zero-order valence-corrected chi connectivity index (χ0v) is 13.5. The van der Waals surface area contributed by atoms with Gasteiger partial charge in [0, 0.05) is 18.3 Å². The molecule has 1 heterocycles. The molecule has 0 aliphatic carbocycles. The van der Waals surface area contributed by atoms with E-state index in [1.807, 2.05) is 0 Å². The minimum Gasteiger partial charge on any atom is -0.326 e. The lowest BCUT2D eigenvalue weighted by atomic mass is 10.1. The maximum Gasteiger partial charge on any atom is 0.263 e. The number of nitrogens with two attached hydrogens (primary N) is 1. The molecule has 3 N–H and O–H groups in total. The van der Waals surface area contributed by atoms with Gasteiger partial charge in [-0.25, -0.2) is 17.8 Å². The molecule has 5 nitrogen and oxygen atoms in total. The number of nitrogens with one attached hydrogen (secondary N) is 1. The van der Waals surface area contributed by atoms with Crippen LogP contribution in [-0.4, -0.2) is 13.4 Å². The number of sulfonamides is 1. The van der Waals surface area contributed by atoms with E-state index >= 15 is 0 Å². The molecule has 0 aliphatic heterocycles. The summed E-state index contributed by atoms with van der Waals surface area (Å²) in [7, 11) is -3.96. The van der Waals surface area contributed by atoms with Gasteiger partial charge in [0.2, 0.25) is 0 Å². The van der Waals surface area contributed by atoms with Crippen LogP contribution in [0.5, 0.6) is 0 Å². The molecule has 2 rings (SSSR count). The van der Waals surface area contributed by atoms with Crippen LogP contribution in [0, 0.1) is 12.7 Å². The Bertz CT molecular complexity index is 781. The van der Waals surface area contributed by atoms with Crippen molar-refractivity contribution in [3.8, 4) is 0 Å². The first-order valence-corrected chi connectivity index (χ1v) is 8.25. The van der Waals surface area contributed by atoms with Crippen molar-refractivity contribution in [1.82, 2.24) is 4.98 Å². The molecular formula is C13H13BrFN3O2S. The van der Waals surface area contributed by atoms with Gasteiger partial charge >= 0.3 is 0 Å². The molecule has 21 heavy (non-hydrogen) atoms. The molecule has 0 bridgehead atoms. The predicted molar refractivity (Wildman–Crippen MR) is 81.8 cm³/mol. The van der Waals surface area contributed by atoms with Crippen LogP contribution in [0.25, 0.3) is 0 Å². The summed E-state index contributed by atoms with van der Waals surface area (Å²) in [6.07, 6.45) is 1.45. The third-order valence-corrected chi connectivity index (χ3v) is 4.98. The highest BCUT2D eigenvalue weighted by atomic mass is 79.9. The van der Waals surface area contributed by atoms with Crippen LogP contribution in [0.3, 0.4) is 0 Å². The number of pyridine rings is 1. The second-order valence-electron chi connectivity index (χ2n) is 4.34. The van der Waals surface area contributed by atoms with Crippen LogP contribution in [0.4, 0.5) is 10.2 Å². The van der Waals surface area contributed by atoms with E-state index in [1.165, 1.54) is 25.3 Å². The number of anilines is 1. The van der Waals surface area contributed by atoms with E-state index in [2.05, 4.69) is 25.6 Å². The second-order valence-corrected chi connectivity index (χ2v) is 6.85. The lowest BCUT2D eigenvalue weighted by molar-refractivity contribution is 0.589. The minimum atomic E-state index is -3.96. The average Bonchev–Trinajstić information content (AvgIpc) is 2.43. The first kappa shape index (κ1) is 15.9. The summed E-state index contributed by atoms with van der Waals surface area (Å²) in [4.78, 5) is 3.78. The highest BCUT2D eigenvalue weighted by Gasteiger charge is 2.21. The molecule has 0 aliphatic rings. The summed E-state index contributed by atoms with van der Waals surface area (Å²) in [5.74, 6) is -0.478. The maximum absolute atomic E-state index is 13.8. The normalized spacial score (nSPS) is 11.4. The lowest BCUT2D eigenvalue weighted by Crippen LogP contribution is -2.17. The van der Waals surface area contributed by atoms with E-state index in [-0.39, 0.29) is 22.8 Å². The maximum atomic E-state index is 13.8. The number of hydrogen-bond donors (Lipinski definition) is 2. The Kier molecular flexibility index (Phi) is 4.60. The molecule has 0 amide bonds. The minimum absolute atomic E-state index is 0.0340. The van der Waals surface area contributed by atoms with Gasteiger partial charge in [0.1, 0.15) is 5.82 Å². The van der Waals surface area contributed by atoms with Crippen molar-refractivity contribution in [2.75, 3.05) is 4.72 Å². The van der Waals surface area contributed by atoms with Crippen LogP contribution in [0.2, 0.25) is 0 Å². The van der Waals surface area contributed by atoms with Crippen molar-refractivity contribution in [2.24, 2.45) is 5.73 Å². The summed E-state index contributed by atoms with van der Waals surface area (Å²) in [6, 6.07) is 5.89. The number of nitrogens with zero attached hydrogens (tertiary/aromatic N) is 1. The van der Waals surface area contributed by atoms with Gasteiger partial charge in [-0.05, 0) is 52.7 Å². The monoisotopic (exact) mass is 373 g/mol. The smallest absolute Gasteiger partial charge is 0.263 e. The molecule has 0 fully saturated rings. The highest BCUT2D eigenvalue weighted by Crippen LogP contribution is 2.25. The van der Waals surface area contributed by atoms with Crippen molar-refractivity contribution in [1.29, 1.82) is 0 Å². The highest BCUT2D eigenvalue weighted by molar-refractivity contribution is 9.10. The molecule has 0 atom stereocenters. The number of rotatable bonds is 4. The molecular weight excluding hydrogens is 361 g/mol. The van der Waals surface area contributed by atoms with Gasteiger partial charge < -0.3 is 5.73 Å². The fraction of sp³-hybridized carbons (Fsp3) is 0.154. The van der Waals surface area contributed by atoms with Gasteiger partial charge in [-0.1, -0.05) is 0 Å². The molecule has 2 aromatic rings. The molecule has 0 spiro atoms. The van der Waals surface area contributed by atoms with Crippen LogP contribution < -0.4 is 10.5 Å². The number of benzene rings is 1. The van der Waals surface area contributed by atoms with E-state index in [0.717, 1.165) is 0 Å². The largest absolute Gasteiger partial charge is 0.326 e. The van der Waals surface area contributed by atoms with Crippen LogP contribution >= 0.6 is 15.9 Å². The average molecular weight is 374 g/mol. The standard InChI is InChI=1S/C13H13BrFN3O2S/c1-8-11(15)5-9(7-16)6-12(8)21(19,20)18-13-10(14)3-2-4-17-13/h2-6H,7,16H2,1H3,(H,17,18). The number of hydrogen-bond acceptors (Lipinski definition) is 4. The topological polar surface area (TPSA) is 85.1 Å². The lowest BCUT2D eigenvalue weighted by Gasteiger charge is -2.12. The van der Waals surface area contributed by atoms with E-state index in [0.29, 0.717) is 10.0 Å². The molecule has 0 saturated carbocycles. The molecule has 112 valence electrons. The summed E-state index contributed by atoms with van der Waals surface area (Å²) in [5.41, 5.74) is 5.89. The summed E-state index contributed by atoms with van der Waals surface area (Å²) in [5, 5.41) is 0. The van der Waals surface area contributed by atoms with Crippen LogP contribution in [0.1, 0.15) is 11.1 Å². The van der Waals surface area contributed by atoms with Gasteiger partial charge in [-0.3, -0.25) is 4.72 Å². The number of aromatic nitrogens is 1. The Labute approximate surface area is 130 Å². The zero-order chi connectivity index (χ0) is 15.6. The van der Waals surface area contributed by atoms with Gasteiger partial charge in [0.25, 0.3) is 10.0 Å². The molecule has 1 aromatic carbocycles. The van der Waals surface area contributed by atoms with Gasteiger partial charge in [0.15, 0.2) is 5.82 Å². The van der Waals surface area contributed by atoms with Gasteiger partial charge in [0.05, 0.1) is 9.37 Å². The summed E-state index contributed by atoms with van der Waals surface area (Å²) >= 11 is 3.20. The van der Waals surface area contributed by atoms with E-state index in [1.54, 1.807) is 12.1 Å². The third kappa shape index (κ3) is 3.39. The van der Waals surface area contributed by atoms with Crippen molar-refractivity contribution < 1.29 is 12.8 Å². The van der Waals surface area contributed by atoms with E-state index < -0.39 is 15.8 Å². The first-order chi connectivity index (χ1) is 9.85. The summed E-state index contributed by atoms with van der Waals surface area (Å²) < 4.78 is 41.5. The van der Waals surface area contributed by atoms with E-state index in [4.69, 9.17) is 5.73 Å². The van der Waals surface area contributed by atoms with E-state index in [9.17, 15) is 12.8 Å². The van der Waals surface area contributed by atoms with Gasteiger partial charge in [-0.2, -0.15) is 0 Å². The second kappa shape index (κ2) is 6.08. The molecule has 1 aromatic heterocycles. The van der Waals surface area contributed by atoms with Crippen molar-refractivity contribution in [3.63, 3.8) is 0 Å². The summed E-state index contributed by atoms with van der Waals surface area (Å²) in [6.45, 7) is 1.45. The van der Waals surface area contributed by atoms with Gasteiger partial charge in [-0.15, -0.1) is 0 Å². The van der Waals surface area contributed by atoms with Crippen LogP contribution in [-0.2, 0) is 16.6 Å². The Balaban J connectivity index is 2.50. The molecule has 0 radical (unpaired) electrons. The molecule has 0 unspecified atom stereocenters. The Morgan fingerprint density at radius 1 is 1.43 bits per heavy atom. The van der Waals surface area contributed by atoms with Crippen molar-refractivity contribution in [3.05, 3.63) is 51.9 Å². The third-order valence-electron chi connectivity index (χ3n) is 2.87. The number of halogens is 2.